The molecule has 94 valence electrons. The van der Waals surface area contributed by atoms with Crippen LogP contribution in [0.15, 0.2) is 42.5 Å². The molecule has 0 saturated heterocycles. The van der Waals surface area contributed by atoms with Gasteiger partial charge in [-0.05, 0) is 24.6 Å². The fourth-order valence-corrected chi connectivity index (χ4v) is 1.55. The van der Waals surface area contributed by atoms with Gasteiger partial charge in [0.25, 0.3) is 0 Å². The maximum absolute atomic E-state index is 5.56. The Bertz CT molecular complexity index is 467. The molecular weight excluding hydrogens is 224 g/mol. The lowest BCUT2D eigenvalue weighted by Gasteiger charge is -2.10. The molecule has 1 aromatic heterocycles. The first-order valence-electron chi connectivity index (χ1n) is 6.12. The van der Waals surface area contributed by atoms with Crippen molar-refractivity contribution in [3.05, 3.63) is 42.5 Å². The van der Waals surface area contributed by atoms with E-state index in [9.17, 15) is 0 Å². The topological polar surface area (TPSA) is 63.8 Å². The Kier molecular flexibility index (Phi) is 4.25. The van der Waals surface area contributed by atoms with Gasteiger partial charge in [-0.1, -0.05) is 37.3 Å². The zero-order chi connectivity index (χ0) is 12.8. The summed E-state index contributed by atoms with van der Waals surface area (Å²) in [6.07, 6.45) is 0. The van der Waals surface area contributed by atoms with Crippen LogP contribution in [0, 0.1) is 5.92 Å². The predicted octanol–water partition coefficient (Wildman–Crippen LogP) is 2.15. The first-order valence-corrected chi connectivity index (χ1v) is 6.12. The van der Waals surface area contributed by atoms with E-state index in [1.54, 1.807) is 0 Å². The minimum atomic E-state index is 0.431. The monoisotopic (exact) mass is 242 g/mol. The summed E-state index contributed by atoms with van der Waals surface area (Å²) in [6, 6.07) is 13.9. The van der Waals surface area contributed by atoms with Crippen molar-refractivity contribution in [2.75, 3.05) is 18.4 Å². The predicted molar refractivity (Wildman–Crippen MR) is 74.2 cm³/mol. The van der Waals surface area contributed by atoms with Crippen molar-refractivity contribution in [3.8, 4) is 11.3 Å². The second-order valence-electron chi connectivity index (χ2n) is 4.39. The number of anilines is 1. The standard InChI is InChI=1S/C14H18N4/c1-11(9-15)10-16-14-8-7-13(17-18-14)12-5-3-2-4-6-12/h2-8,11H,9-10,15H2,1H3,(H,16,18). The van der Waals surface area contributed by atoms with E-state index in [2.05, 4.69) is 22.4 Å². The molecule has 1 unspecified atom stereocenters. The highest BCUT2D eigenvalue weighted by atomic mass is 15.2. The fourth-order valence-electron chi connectivity index (χ4n) is 1.55. The van der Waals surface area contributed by atoms with Gasteiger partial charge in [-0.15, -0.1) is 10.2 Å². The molecule has 0 aliphatic carbocycles. The first-order chi connectivity index (χ1) is 8.79. The van der Waals surface area contributed by atoms with E-state index in [0.717, 1.165) is 23.6 Å². The number of nitrogens with two attached hydrogens (primary N) is 1. The molecule has 0 amide bonds. The Morgan fingerprint density at radius 1 is 1.11 bits per heavy atom. The van der Waals surface area contributed by atoms with Gasteiger partial charge in [0, 0.05) is 12.1 Å². The van der Waals surface area contributed by atoms with Gasteiger partial charge < -0.3 is 11.1 Å². The van der Waals surface area contributed by atoms with Crippen LogP contribution < -0.4 is 11.1 Å². The molecule has 0 bridgehead atoms. The number of hydrogen-bond acceptors (Lipinski definition) is 4. The average molecular weight is 242 g/mol. The molecule has 4 heteroatoms. The Morgan fingerprint density at radius 2 is 1.89 bits per heavy atom. The van der Waals surface area contributed by atoms with Crippen molar-refractivity contribution in [1.29, 1.82) is 0 Å². The van der Waals surface area contributed by atoms with Crippen LogP contribution in [0.1, 0.15) is 6.92 Å². The molecule has 0 saturated carbocycles. The zero-order valence-electron chi connectivity index (χ0n) is 10.5. The van der Waals surface area contributed by atoms with Gasteiger partial charge in [-0.3, -0.25) is 0 Å². The average Bonchev–Trinajstić information content (AvgIpc) is 2.46. The van der Waals surface area contributed by atoms with E-state index >= 15 is 0 Å². The summed E-state index contributed by atoms with van der Waals surface area (Å²) in [5.41, 5.74) is 7.52. The number of hydrogen-bond donors (Lipinski definition) is 2. The van der Waals surface area contributed by atoms with Gasteiger partial charge >= 0.3 is 0 Å². The fraction of sp³-hybridized carbons (Fsp3) is 0.286. The molecule has 0 aliphatic heterocycles. The van der Waals surface area contributed by atoms with Crippen LogP contribution in [-0.4, -0.2) is 23.3 Å². The molecule has 1 aromatic carbocycles. The van der Waals surface area contributed by atoms with Crippen molar-refractivity contribution in [1.82, 2.24) is 10.2 Å². The molecule has 3 N–H and O–H groups in total. The van der Waals surface area contributed by atoms with Crippen LogP contribution in [-0.2, 0) is 0 Å². The SMILES string of the molecule is CC(CN)CNc1ccc(-c2ccccc2)nn1. The number of aromatic nitrogens is 2. The number of rotatable bonds is 5. The van der Waals surface area contributed by atoms with Gasteiger partial charge in [0.15, 0.2) is 0 Å². The van der Waals surface area contributed by atoms with Crippen molar-refractivity contribution < 1.29 is 0 Å². The third-order valence-electron chi connectivity index (χ3n) is 2.77. The van der Waals surface area contributed by atoms with Gasteiger partial charge in [0.2, 0.25) is 0 Å². The smallest absolute Gasteiger partial charge is 0.148 e. The van der Waals surface area contributed by atoms with Crippen molar-refractivity contribution in [2.24, 2.45) is 11.7 Å². The maximum Gasteiger partial charge on any atom is 0.148 e. The lowest BCUT2D eigenvalue weighted by molar-refractivity contribution is 0.626. The van der Waals surface area contributed by atoms with E-state index in [4.69, 9.17) is 5.73 Å². The molecule has 0 radical (unpaired) electrons. The van der Waals surface area contributed by atoms with Gasteiger partial charge in [0.05, 0.1) is 5.69 Å². The van der Waals surface area contributed by atoms with E-state index in [-0.39, 0.29) is 0 Å². The quantitative estimate of drug-likeness (QED) is 0.843. The Labute approximate surface area is 107 Å². The van der Waals surface area contributed by atoms with E-state index in [1.807, 2.05) is 42.5 Å². The third kappa shape index (κ3) is 3.28. The highest BCUT2D eigenvalue weighted by Crippen LogP contribution is 2.16. The molecule has 2 rings (SSSR count). The van der Waals surface area contributed by atoms with Crippen LogP contribution in [0.5, 0.6) is 0 Å². The van der Waals surface area contributed by atoms with Gasteiger partial charge in [-0.2, -0.15) is 0 Å². The van der Waals surface area contributed by atoms with Crippen molar-refractivity contribution >= 4 is 5.82 Å². The summed E-state index contributed by atoms with van der Waals surface area (Å²) in [5, 5.41) is 11.6. The molecule has 0 aliphatic rings. The Morgan fingerprint density at radius 3 is 2.50 bits per heavy atom. The van der Waals surface area contributed by atoms with E-state index in [0.29, 0.717) is 12.5 Å². The number of nitrogens with zero attached hydrogens (tertiary/aromatic N) is 2. The number of nitrogens with one attached hydrogen (secondary N) is 1. The Hall–Kier alpha value is -1.94. The van der Waals surface area contributed by atoms with Crippen LogP contribution >= 0.6 is 0 Å². The second kappa shape index (κ2) is 6.12. The van der Waals surface area contributed by atoms with E-state index in [1.165, 1.54) is 0 Å². The summed E-state index contributed by atoms with van der Waals surface area (Å²) in [6.45, 7) is 3.58. The van der Waals surface area contributed by atoms with Crippen LogP contribution in [0.3, 0.4) is 0 Å². The minimum Gasteiger partial charge on any atom is -0.368 e. The molecule has 0 spiro atoms. The molecule has 1 heterocycles. The van der Waals surface area contributed by atoms with Crippen LogP contribution in [0.2, 0.25) is 0 Å². The largest absolute Gasteiger partial charge is 0.368 e. The van der Waals surface area contributed by atoms with Crippen molar-refractivity contribution in [2.45, 2.75) is 6.92 Å². The highest BCUT2D eigenvalue weighted by molar-refractivity contribution is 5.59. The lowest BCUT2D eigenvalue weighted by Crippen LogP contribution is -2.20. The molecule has 2 aromatic rings. The molecule has 4 nitrogen and oxygen atoms in total. The summed E-state index contributed by atoms with van der Waals surface area (Å²) < 4.78 is 0. The second-order valence-corrected chi connectivity index (χ2v) is 4.39. The highest BCUT2D eigenvalue weighted by Gasteiger charge is 2.02. The van der Waals surface area contributed by atoms with Gasteiger partial charge in [0.1, 0.15) is 5.82 Å². The minimum absolute atomic E-state index is 0.431. The van der Waals surface area contributed by atoms with E-state index < -0.39 is 0 Å². The number of benzene rings is 1. The first kappa shape index (κ1) is 12.5. The normalized spacial score (nSPS) is 12.1. The summed E-state index contributed by atoms with van der Waals surface area (Å²) >= 11 is 0. The summed E-state index contributed by atoms with van der Waals surface area (Å²) in [5.74, 6) is 1.22. The summed E-state index contributed by atoms with van der Waals surface area (Å²) in [4.78, 5) is 0. The molecule has 1 atom stereocenters. The molecular formula is C14H18N4. The summed E-state index contributed by atoms with van der Waals surface area (Å²) in [7, 11) is 0. The van der Waals surface area contributed by atoms with Crippen LogP contribution in [0.25, 0.3) is 11.3 Å². The van der Waals surface area contributed by atoms with Gasteiger partial charge in [-0.25, -0.2) is 0 Å². The maximum atomic E-state index is 5.56. The lowest BCUT2D eigenvalue weighted by atomic mass is 10.1. The third-order valence-corrected chi connectivity index (χ3v) is 2.77. The molecule has 18 heavy (non-hydrogen) atoms. The van der Waals surface area contributed by atoms with Crippen molar-refractivity contribution in [3.63, 3.8) is 0 Å². The zero-order valence-corrected chi connectivity index (χ0v) is 10.5. The van der Waals surface area contributed by atoms with Crippen LogP contribution in [0.4, 0.5) is 5.82 Å². The Balaban J connectivity index is 2.02. The molecule has 0 fully saturated rings.